The molecule has 0 bridgehead atoms. The van der Waals surface area contributed by atoms with Crippen LogP contribution in [0.25, 0.3) is 0 Å². The molecule has 1 heterocycles. The lowest BCUT2D eigenvalue weighted by Crippen LogP contribution is -2.46. The fourth-order valence-electron chi connectivity index (χ4n) is 3.25. The number of nitrogens with two attached hydrogens (primary N) is 1. The van der Waals surface area contributed by atoms with Crippen molar-refractivity contribution in [2.75, 3.05) is 13.1 Å². The van der Waals surface area contributed by atoms with E-state index >= 15 is 0 Å². The Bertz CT molecular complexity index is 413. The minimum absolute atomic E-state index is 0.169. The van der Waals surface area contributed by atoms with Gasteiger partial charge in [-0.1, -0.05) is 43.7 Å². The lowest BCUT2D eigenvalue weighted by Gasteiger charge is -2.42. The summed E-state index contributed by atoms with van der Waals surface area (Å²) in [5, 5.41) is 0. The molecule has 0 spiro atoms. The summed E-state index contributed by atoms with van der Waals surface area (Å²) in [7, 11) is 0. The van der Waals surface area contributed by atoms with E-state index in [0.29, 0.717) is 6.04 Å². The Labute approximate surface area is 118 Å². The normalized spacial score (nSPS) is 28.1. The SMILES string of the molecule is Cc1cccc(C(C(C)N)N2CCC(C)C(C)C2)c1. The minimum Gasteiger partial charge on any atom is -0.326 e. The van der Waals surface area contributed by atoms with Gasteiger partial charge < -0.3 is 5.73 Å². The quantitative estimate of drug-likeness (QED) is 0.903. The van der Waals surface area contributed by atoms with Crippen molar-refractivity contribution < 1.29 is 0 Å². The molecule has 0 radical (unpaired) electrons. The third-order valence-electron chi connectivity index (χ3n) is 4.64. The van der Waals surface area contributed by atoms with Crippen LogP contribution in [0.15, 0.2) is 24.3 Å². The summed E-state index contributed by atoms with van der Waals surface area (Å²) in [6.07, 6.45) is 1.29. The van der Waals surface area contributed by atoms with Gasteiger partial charge in [0.05, 0.1) is 0 Å². The third kappa shape index (κ3) is 3.37. The number of rotatable bonds is 3. The summed E-state index contributed by atoms with van der Waals surface area (Å²) in [5.41, 5.74) is 8.98. The number of hydrogen-bond donors (Lipinski definition) is 1. The molecule has 0 aromatic heterocycles. The van der Waals surface area contributed by atoms with Crippen molar-refractivity contribution in [3.63, 3.8) is 0 Å². The molecule has 2 heteroatoms. The summed E-state index contributed by atoms with van der Waals surface area (Å²) in [6, 6.07) is 9.34. The number of likely N-dealkylation sites (tertiary alicyclic amines) is 1. The molecule has 1 aromatic carbocycles. The molecular formula is C17H28N2. The van der Waals surface area contributed by atoms with Gasteiger partial charge in [-0.15, -0.1) is 0 Å². The molecule has 0 aliphatic carbocycles. The highest BCUT2D eigenvalue weighted by Gasteiger charge is 2.30. The van der Waals surface area contributed by atoms with Crippen molar-refractivity contribution in [2.45, 2.75) is 46.2 Å². The molecule has 0 saturated carbocycles. The first-order chi connectivity index (χ1) is 8.99. The van der Waals surface area contributed by atoms with Crippen LogP contribution >= 0.6 is 0 Å². The Morgan fingerprint density at radius 3 is 2.58 bits per heavy atom. The fraction of sp³-hybridized carbons (Fsp3) is 0.647. The first-order valence-electron chi connectivity index (χ1n) is 7.55. The van der Waals surface area contributed by atoms with Crippen molar-refractivity contribution in [2.24, 2.45) is 17.6 Å². The van der Waals surface area contributed by atoms with Gasteiger partial charge in [0.15, 0.2) is 0 Å². The highest BCUT2D eigenvalue weighted by Crippen LogP contribution is 2.31. The largest absolute Gasteiger partial charge is 0.326 e. The van der Waals surface area contributed by atoms with Gasteiger partial charge in [0.25, 0.3) is 0 Å². The molecule has 1 aromatic rings. The maximum atomic E-state index is 6.29. The van der Waals surface area contributed by atoms with Crippen LogP contribution in [-0.2, 0) is 0 Å². The molecule has 1 saturated heterocycles. The van der Waals surface area contributed by atoms with E-state index in [0.717, 1.165) is 11.8 Å². The molecule has 106 valence electrons. The van der Waals surface area contributed by atoms with Crippen LogP contribution in [0.4, 0.5) is 0 Å². The number of aryl methyl sites for hydroxylation is 1. The van der Waals surface area contributed by atoms with Crippen molar-refractivity contribution in [3.05, 3.63) is 35.4 Å². The first-order valence-corrected chi connectivity index (χ1v) is 7.55. The minimum atomic E-state index is 0.169. The Morgan fingerprint density at radius 2 is 2.00 bits per heavy atom. The van der Waals surface area contributed by atoms with Gasteiger partial charge in [-0.05, 0) is 44.2 Å². The lowest BCUT2D eigenvalue weighted by atomic mass is 9.86. The molecule has 1 aliphatic heterocycles. The van der Waals surface area contributed by atoms with Crippen LogP contribution in [0.2, 0.25) is 0 Å². The number of nitrogens with zero attached hydrogens (tertiary/aromatic N) is 1. The number of benzene rings is 1. The molecule has 2 nitrogen and oxygen atoms in total. The molecule has 2 rings (SSSR count). The summed E-state index contributed by atoms with van der Waals surface area (Å²) in [4.78, 5) is 2.59. The van der Waals surface area contributed by atoms with Crippen molar-refractivity contribution in [3.8, 4) is 0 Å². The Hall–Kier alpha value is -0.860. The first kappa shape index (κ1) is 14.5. The van der Waals surface area contributed by atoms with Crippen LogP contribution in [0.3, 0.4) is 0 Å². The van der Waals surface area contributed by atoms with E-state index in [4.69, 9.17) is 5.73 Å². The van der Waals surface area contributed by atoms with Crippen LogP contribution in [0.1, 0.15) is 44.4 Å². The summed E-state index contributed by atoms with van der Waals surface area (Å²) in [6.45, 7) is 11.4. The zero-order valence-electron chi connectivity index (χ0n) is 12.8. The predicted octanol–water partition coefficient (Wildman–Crippen LogP) is 3.36. The number of piperidine rings is 1. The second-order valence-corrected chi connectivity index (χ2v) is 6.46. The molecular weight excluding hydrogens is 232 g/mol. The van der Waals surface area contributed by atoms with Crippen molar-refractivity contribution in [1.29, 1.82) is 0 Å². The van der Waals surface area contributed by atoms with Gasteiger partial charge in [-0.2, -0.15) is 0 Å². The maximum absolute atomic E-state index is 6.29. The monoisotopic (exact) mass is 260 g/mol. The smallest absolute Gasteiger partial charge is 0.0496 e. The van der Waals surface area contributed by atoms with Gasteiger partial charge in [0, 0.05) is 18.6 Å². The van der Waals surface area contributed by atoms with Gasteiger partial charge in [-0.25, -0.2) is 0 Å². The second-order valence-electron chi connectivity index (χ2n) is 6.46. The van der Waals surface area contributed by atoms with E-state index < -0.39 is 0 Å². The summed E-state index contributed by atoms with van der Waals surface area (Å²) in [5.74, 6) is 1.60. The van der Waals surface area contributed by atoms with Crippen molar-refractivity contribution in [1.82, 2.24) is 4.90 Å². The van der Waals surface area contributed by atoms with Gasteiger partial charge >= 0.3 is 0 Å². The van der Waals surface area contributed by atoms with Crippen LogP contribution in [0.5, 0.6) is 0 Å². The topological polar surface area (TPSA) is 29.3 Å². The fourth-order valence-corrected chi connectivity index (χ4v) is 3.25. The Balaban J connectivity index is 2.21. The van der Waals surface area contributed by atoms with Crippen LogP contribution in [-0.4, -0.2) is 24.0 Å². The molecule has 1 aliphatic rings. The molecule has 19 heavy (non-hydrogen) atoms. The average Bonchev–Trinajstić information content (AvgIpc) is 2.33. The zero-order chi connectivity index (χ0) is 14.0. The number of hydrogen-bond acceptors (Lipinski definition) is 2. The second kappa shape index (κ2) is 6.06. The zero-order valence-corrected chi connectivity index (χ0v) is 12.8. The standard InChI is InChI=1S/C17H28N2/c1-12-6-5-7-16(10-12)17(15(4)18)19-9-8-13(2)14(3)11-19/h5-7,10,13-15,17H,8-9,11,18H2,1-4H3. The van der Waals surface area contributed by atoms with E-state index in [1.165, 1.54) is 30.6 Å². The predicted molar refractivity (Wildman–Crippen MR) is 82.1 cm³/mol. The average molecular weight is 260 g/mol. The van der Waals surface area contributed by atoms with E-state index in [1.54, 1.807) is 0 Å². The van der Waals surface area contributed by atoms with Gasteiger partial charge in [-0.3, -0.25) is 4.90 Å². The third-order valence-corrected chi connectivity index (χ3v) is 4.64. The van der Waals surface area contributed by atoms with Crippen molar-refractivity contribution >= 4 is 0 Å². The lowest BCUT2D eigenvalue weighted by molar-refractivity contribution is 0.0851. The van der Waals surface area contributed by atoms with E-state index in [1.807, 2.05) is 0 Å². The molecule has 4 atom stereocenters. The Morgan fingerprint density at radius 1 is 1.26 bits per heavy atom. The maximum Gasteiger partial charge on any atom is 0.0496 e. The summed E-state index contributed by atoms with van der Waals surface area (Å²) >= 11 is 0. The van der Waals surface area contributed by atoms with E-state index in [-0.39, 0.29) is 6.04 Å². The van der Waals surface area contributed by atoms with E-state index in [2.05, 4.69) is 56.9 Å². The van der Waals surface area contributed by atoms with Gasteiger partial charge in [0.2, 0.25) is 0 Å². The molecule has 2 N–H and O–H groups in total. The molecule has 0 amide bonds. The Kier molecular flexibility index (Phi) is 4.64. The molecule has 4 unspecified atom stereocenters. The van der Waals surface area contributed by atoms with Crippen LogP contribution < -0.4 is 5.73 Å². The highest BCUT2D eigenvalue weighted by atomic mass is 15.2. The highest BCUT2D eigenvalue weighted by molar-refractivity contribution is 5.26. The summed E-state index contributed by atoms with van der Waals surface area (Å²) < 4.78 is 0. The van der Waals surface area contributed by atoms with Gasteiger partial charge in [0.1, 0.15) is 0 Å². The molecule has 1 fully saturated rings. The van der Waals surface area contributed by atoms with Crippen LogP contribution in [0, 0.1) is 18.8 Å². The van der Waals surface area contributed by atoms with E-state index in [9.17, 15) is 0 Å².